The Bertz CT molecular complexity index is 582. The normalized spacial score (nSPS) is 11.4. The van der Waals surface area contributed by atoms with Crippen LogP contribution in [0, 0.1) is 0 Å². The minimum absolute atomic E-state index is 0.581. The van der Waals surface area contributed by atoms with Gasteiger partial charge >= 0.3 is 0 Å². The average Bonchev–Trinajstić information content (AvgIpc) is 2.86. The van der Waals surface area contributed by atoms with Crippen molar-refractivity contribution in [3.05, 3.63) is 24.3 Å². The molecule has 2 aromatic rings. The lowest BCUT2D eigenvalue weighted by molar-refractivity contribution is 0.107. The number of benzene rings is 1. The zero-order valence-electron chi connectivity index (χ0n) is 12.3. The van der Waals surface area contributed by atoms with E-state index in [1.54, 1.807) is 13.8 Å². The van der Waals surface area contributed by atoms with Crippen LogP contribution < -0.4 is 10.1 Å². The summed E-state index contributed by atoms with van der Waals surface area (Å²) in [6.45, 7) is 6.12. The van der Waals surface area contributed by atoms with Crippen LogP contribution >= 0.6 is 23.1 Å². The summed E-state index contributed by atoms with van der Waals surface area (Å²) < 4.78 is 6.39. The Morgan fingerprint density at radius 2 is 2.10 bits per heavy atom. The molecule has 0 saturated heterocycles. The molecular formula is C14H19N3O2S2. The molecule has 2 rings (SSSR count). The molecule has 0 aliphatic heterocycles. The molecular weight excluding hydrogens is 306 g/mol. The highest BCUT2D eigenvalue weighted by atomic mass is 32.2. The summed E-state index contributed by atoms with van der Waals surface area (Å²) in [6.07, 6.45) is 0. The number of hydrogen-bond acceptors (Lipinski definition) is 7. The monoisotopic (exact) mass is 325 g/mol. The Kier molecular flexibility index (Phi) is 5.44. The Morgan fingerprint density at radius 3 is 2.81 bits per heavy atom. The molecule has 0 bridgehead atoms. The second-order valence-electron chi connectivity index (χ2n) is 5.03. The molecule has 0 unspecified atom stereocenters. The van der Waals surface area contributed by atoms with Gasteiger partial charge in [0, 0.05) is 5.75 Å². The summed E-state index contributed by atoms with van der Waals surface area (Å²) in [5.41, 5.74) is 0.153. The number of thioether (sulfide) groups is 1. The fraction of sp³-hybridized carbons (Fsp3) is 0.429. The molecule has 0 aliphatic carbocycles. The molecule has 0 saturated carbocycles. The van der Waals surface area contributed by atoms with Crippen LogP contribution in [0.25, 0.3) is 0 Å². The third-order valence-corrected chi connectivity index (χ3v) is 4.80. The first kappa shape index (κ1) is 16.1. The lowest BCUT2D eigenvalue weighted by atomic mass is 10.2. The average molecular weight is 325 g/mol. The van der Waals surface area contributed by atoms with Gasteiger partial charge in [0.15, 0.2) is 4.34 Å². The number of hydrogen-bond donors (Lipinski definition) is 2. The van der Waals surface area contributed by atoms with Crippen LogP contribution in [0.1, 0.15) is 20.8 Å². The molecule has 21 heavy (non-hydrogen) atoms. The number of nitrogens with one attached hydrogen (secondary N) is 1. The lowest BCUT2D eigenvalue weighted by Gasteiger charge is -2.14. The van der Waals surface area contributed by atoms with Gasteiger partial charge in [0.2, 0.25) is 5.13 Å². The maximum absolute atomic E-state index is 9.72. The molecule has 1 aromatic carbocycles. The summed E-state index contributed by atoms with van der Waals surface area (Å²) in [7, 11) is 0. The van der Waals surface area contributed by atoms with E-state index in [1.807, 2.05) is 31.2 Å². The number of rotatable bonds is 7. The fourth-order valence-electron chi connectivity index (χ4n) is 1.52. The van der Waals surface area contributed by atoms with Gasteiger partial charge in [0.05, 0.1) is 17.9 Å². The quantitative estimate of drug-likeness (QED) is 0.759. The smallest absolute Gasteiger partial charge is 0.210 e. The molecule has 0 fully saturated rings. The highest BCUT2D eigenvalue weighted by molar-refractivity contribution is 8.01. The molecule has 0 spiro atoms. The topological polar surface area (TPSA) is 67.3 Å². The standard InChI is InChI=1S/C14H19N3O2S2/c1-4-19-11-8-6-5-7-10(11)15-12-16-17-13(21-12)20-9-14(2,3)18/h5-8,18H,4,9H2,1-3H3,(H,15,16). The SMILES string of the molecule is CCOc1ccccc1Nc1nnc(SCC(C)(C)O)s1. The molecule has 0 atom stereocenters. The van der Waals surface area contributed by atoms with Gasteiger partial charge in [0.1, 0.15) is 5.75 Å². The first-order valence-corrected chi connectivity index (χ1v) is 8.45. The summed E-state index contributed by atoms with van der Waals surface area (Å²) >= 11 is 2.96. The second kappa shape index (κ2) is 7.11. The van der Waals surface area contributed by atoms with Gasteiger partial charge in [-0.15, -0.1) is 10.2 Å². The van der Waals surface area contributed by atoms with E-state index in [2.05, 4.69) is 15.5 Å². The molecule has 1 heterocycles. The van der Waals surface area contributed by atoms with Crippen molar-refractivity contribution in [3.8, 4) is 5.75 Å². The Morgan fingerprint density at radius 1 is 1.33 bits per heavy atom. The van der Waals surface area contributed by atoms with E-state index < -0.39 is 5.60 Å². The number of para-hydroxylation sites is 2. The third kappa shape index (κ3) is 5.18. The van der Waals surface area contributed by atoms with Gasteiger partial charge < -0.3 is 15.2 Å². The zero-order chi connectivity index (χ0) is 15.3. The maximum atomic E-state index is 9.72. The highest BCUT2D eigenvalue weighted by Gasteiger charge is 2.15. The van der Waals surface area contributed by atoms with E-state index in [0.717, 1.165) is 15.8 Å². The van der Waals surface area contributed by atoms with Crippen molar-refractivity contribution in [1.29, 1.82) is 0 Å². The van der Waals surface area contributed by atoms with Gasteiger partial charge in [-0.3, -0.25) is 0 Å². The van der Waals surface area contributed by atoms with Crippen molar-refractivity contribution < 1.29 is 9.84 Å². The zero-order valence-corrected chi connectivity index (χ0v) is 13.9. The maximum Gasteiger partial charge on any atom is 0.210 e. The van der Waals surface area contributed by atoms with Crippen LogP contribution in [0.4, 0.5) is 10.8 Å². The number of ether oxygens (including phenoxy) is 1. The van der Waals surface area contributed by atoms with Gasteiger partial charge in [-0.2, -0.15) is 0 Å². The van der Waals surface area contributed by atoms with Crippen molar-refractivity contribution in [2.24, 2.45) is 0 Å². The van der Waals surface area contributed by atoms with E-state index in [-0.39, 0.29) is 0 Å². The highest BCUT2D eigenvalue weighted by Crippen LogP contribution is 2.32. The third-order valence-electron chi connectivity index (χ3n) is 2.38. The molecule has 114 valence electrons. The number of nitrogens with zero attached hydrogens (tertiary/aromatic N) is 2. The molecule has 7 heteroatoms. The second-order valence-corrected chi connectivity index (χ2v) is 7.23. The van der Waals surface area contributed by atoms with Crippen molar-refractivity contribution >= 4 is 33.9 Å². The minimum atomic E-state index is -0.717. The number of aromatic nitrogens is 2. The van der Waals surface area contributed by atoms with Gasteiger partial charge in [-0.05, 0) is 32.9 Å². The largest absolute Gasteiger partial charge is 0.492 e. The van der Waals surface area contributed by atoms with Crippen molar-refractivity contribution in [2.45, 2.75) is 30.7 Å². The molecule has 0 aliphatic rings. The lowest BCUT2D eigenvalue weighted by Crippen LogP contribution is -2.21. The van der Waals surface area contributed by atoms with E-state index in [1.165, 1.54) is 23.1 Å². The van der Waals surface area contributed by atoms with Crippen LogP contribution in [-0.4, -0.2) is 33.3 Å². The van der Waals surface area contributed by atoms with Crippen LogP contribution in [0.5, 0.6) is 5.75 Å². The van der Waals surface area contributed by atoms with Crippen LogP contribution in [0.3, 0.4) is 0 Å². The Labute approximate surface area is 132 Å². The summed E-state index contributed by atoms with van der Waals surface area (Å²) in [4.78, 5) is 0. The Hall–Kier alpha value is -1.31. The molecule has 5 nitrogen and oxygen atoms in total. The summed E-state index contributed by atoms with van der Waals surface area (Å²) in [5.74, 6) is 1.37. The van der Waals surface area contributed by atoms with Gasteiger partial charge in [-0.1, -0.05) is 35.2 Å². The molecule has 0 amide bonds. The van der Waals surface area contributed by atoms with Crippen molar-refractivity contribution in [1.82, 2.24) is 10.2 Å². The van der Waals surface area contributed by atoms with Gasteiger partial charge in [0.25, 0.3) is 0 Å². The first-order chi connectivity index (χ1) is 9.98. The number of aliphatic hydroxyl groups is 1. The van der Waals surface area contributed by atoms with Crippen molar-refractivity contribution in [2.75, 3.05) is 17.7 Å². The van der Waals surface area contributed by atoms with Crippen LogP contribution in [0.2, 0.25) is 0 Å². The summed E-state index contributed by atoms with van der Waals surface area (Å²) in [6, 6.07) is 7.73. The predicted molar refractivity (Wildman–Crippen MR) is 87.8 cm³/mol. The van der Waals surface area contributed by atoms with Gasteiger partial charge in [-0.25, -0.2) is 0 Å². The number of anilines is 2. The van der Waals surface area contributed by atoms with E-state index in [0.29, 0.717) is 17.5 Å². The first-order valence-electron chi connectivity index (χ1n) is 6.65. The Balaban J connectivity index is 2.02. The molecule has 0 radical (unpaired) electrons. The van der Waals surface area contributed by atoms with E-state index in [9.17, 15) is 5.11 Å². The predicted octanol–water partition coefficient (Wildman–Crippen LogP) is 3.54. The summed E-state index contributed by atoms with van der Waals surface area (Å²) in [5, 5.41) is 21.9. The van der Waals surface area contributed by atoms with Crippen LogP contribution in [-0.2, 0) is 0 Å². The van der Waals surface area contributed by atoms with E-state index >= 15 is 0 Å². The minimum Gasteiger partial charge on any atom is -0.492 e. The fourth-order valence-corrected chi connectivity index (χ4v) is 3.24. The van der Waals surface area contributed by atoms with Crippen molar-refractivity contribution in [3.63, 3.8) is 0 Å². The molecule has 2 N–H and O–H groups in total. The van der Waals surface area contributed by atoms with E-state index in [4.69, 9.17) is 4.74 Å². The van der Waals surface area contributed by atoms with Crippen LogP contribution in [0.15, 0.2) is 28.6 Å². The molecule has 1 aromatic heterocycles.